The maximum absolute atomic E-state index is 10.3. The van der Waals surface area contributed by atoms with Crippen LogP contribution in [0.5, 0.6) is 0 Å². The molecule has 1 heterocycles. The third-order valence-corrected chi connectivity index (χ3v) is 1.13. The monoisotopic (exact) mass is 124 g/mol. The van der Waals surface area contributed by atoms with Crippen LogP contribution in [0.4, 0.5) is 0 Å². The lowest BCUT2D eigenvalue weighted by atomic mass is 10.2. The number of hydrogen-bond acceptors (Lipinski definition) is 3. The first-order chi connectivity index (χ1) is 4.27. The Morgan fingerprint density at radius 2 is 2.56 bits per heavy atom. The van der Waals surface area contributed by atoms with Gasteiger partial charge in [-0.3, -0.25) is 9.79 Å². The van der Waals surface area contributed by atoms with E-state index >= 15 is 0 Å². The highest BCUT2D eigenvalue weighted by molar-refractivity contribution is 5.77. The van der Waals surface area contributed by atoms with Crippen LogP contribution in [-0.2, 0) is 4.79 Å². The van der Waals surface area contributed by atoms with Gasteiger partial charge in [0, 0.05) is 12.4 Å². The first kappa shape index (κ1) is 6.01. The van der Waals surface area contributed by atoms with Crippen molar-refractivity contribution in [2.75, 3.05) is 0 Å². The number of hydrogen-bond donors (Lipinski definition) is 1. The molecule has 0 spiro atoms. The summed E-state index contributed by atoms with van der Waals surface area (Å²) in [6.07, 6.45) is 5.81. The van der Waals surface area contributed by atoms with Gasteiger partial charge in [-0.15, -0.1) is 0 Å². The predicted molar refractivity (Wildman–Crippen MR) is 35.2 cm³/mol. The second-order valence-electron chi connectivity index (χ2n) is 2.05. The number of aldehydes is 1. The minimum Gasteiger partial charge on any atom is -0.362 e. The Bertz CT molecular complexity index is 174. The van der Waals surface area contributed by atoms with E-state index in [0.29, 0.717) is 0 Å². The summed E-state index contributed by atoms with van der Waals surface area (Å²) >= 11 is 0. The van der Waals surface area contributed by atoms with Crippen molar-refractivity contribution in [3.05, 3.63) is 12.3 Å². The number of rotatable bonds is 1. The van der Waals surface area contributed by atoms with E-state index in [4.69, 9.17) is 0 Å². The minimum atomic E-state index is -0.727. The molecule has 0 saturated heterocycles. The van der Waals surface area contributed by atoms with E-state index in [1.807, 2.05) is 0 Å². The van der Waals surface area contributed by atoms with Gasteiger partial charge in [-0.05, 0) is 13.0 Å². The van der Waals surface area contributed by atoms with Crippen LogP contribution in [0.3, 0.4) is 0 Å². The van der Waals surface area contributed by atoms with E-state index in [-0.39, 0.29) is 0 Å². The molecule has 0 saturated carbocycles. The standard InChI is InChI=1S/C6H8N2O/c1-6(5-9)7-3-2-4-8-6/h2-5,7H,1H3. The van der Waals surface area contributed by atoms with E-state index in [2.05, 4.69) is 10.3 Å². The van der Waals surface area contributed by atoms with Gasteiger partial charge in [0.05, 0.1) is 0 Å². The van der Waals surface area contributed by atoms with Crippen LogP contribution < -0.4 is 5.32 Å². The van der Waals surface area contributed by atoms with Crippen molar-refractivity contribution in [1.82, 2.24) is 5.32 Å². The Morgan fingerprint density at radius 1 is 1.78 bits per heavy atom. The van der Waals surface area contributed by atoms with Gasteiger partial charge in [0.25, 0.3) is 0 Å². The van der Waals surface area contributed by atoms with E-state index in [1.54, 1.807) is 25.4 Å². The molecule has 0 fully saturated rings. The molecule has 0 radical (unpaired) electrons. The lowest BCUT2D eigenvalue weighted by Gasteiger charge is -2.19. The molecule has 1 aliphatic rings. The maximum atomic E-state index is 10.3. The van der Waals surface area contributed by atoms with Crippen molar-refractivity contribution < 1.29 is 4.79 Å². The summed E-state index contributed by atoms with van der Waals surface area (Å²) in [7, 11) is 0. The predicted octanol–water partition coefficient (Wildman–Crippen LogP) is 0.0892. The van der Waals surface area contributed by atoms with Crippen LogP contribution in [0.1, 0.15) is 6.92 Å². The Labute approximate surface area is 53.5 Å². The number of aliphatic imine (C=N–C) groups is 1. The molecular weight excluding hydrogens is 116 g/mol. The zero-order chi connectivity index (χ0) is 6.74. The van der Waals surface area contributed by atoms with Crippen molar-refractivity contribution in [3.63, 3.8) is 0 Å². The highest BCUT2D eigenvalue weighted by Crippen LogP contribution is 2.02. The van der Waals surface area contributed by atoms with Crippen LogP contribution in [0.15, 0.2) is 17.3 Å². The van der Waals surface area contributed by atoms with Crippen molar-refractivity contribution in [3.8, 4) is 0 Å². The van der Waals surface area contributed by atoms with Gasteiger partial charge in [0.15, 0.2) is 11.9 Å². The second-order valence-corrected chi connectivity index (χ2v) is 2.05. The first-order valence-electron chi connectivity index (χ1n) is 2.71. The molecule has 3 heteroatoms. The fourth-order valence-corrected chi connectivity index (χ4v) is 0.559. The summed E-state index contributed by atoms with van der Waals surface area (Å²) in [5.41, 5.74) is -0.727. The lowest BCUT2D eigenvalue weighted by molar-refractivity contribution is -0.112. The minimum absolute atomic E-state index is 0.727. The van der Waals surface area contributed by atoms with Crippen molar-refractivity contribution >= 4 is 12.5 Å². The second kappa shape index (κ2) is 2.01. The fraction of sp³-hybridized carbons (Fsp3) is 0.333. The lowest BCUT2D eigenvalue weighted by Crippen LogP contribution is -2.40. The SMILES string of the molecule is CC1(C=O)N=CC=CN1. The first-order valence-corrected chi connectivity index (χ1v) is 2.71. The van der Waals surface area contributed by atoms with Crippen molar-refractivity contribution in [2.24, 2.45) is 4.99 Å². The molecule has 0 aliphatic carbocycles. The van der Waals surface area contributed by atoms with Gasteiger partial charge in [-0.25, -0.2) is 0 Å². The van der Waals surface area contributed by atoms with E-state index in [1.165, 1.54) is 0 Å². The molecule has 48 valence electrons. The fourth-order valence-electron chi connectivity index (χ4n) is 0.559. The molecule has 1 atom stereocenters. The van der Waals surface area contributed by atoms with Gasteiger partial charge >= 0.3 is 0 Å². The van der Waals surface area contributed by atoms with Crippen molar-refractivity contribution in [1.29, 1.82) is 0 Å². The Kier molecular flexibility index (Phi) is 1.34. The highest BCUT2D eigenvalue weighted by atomic mass is 16.1. The number of nitrogens with zero attached hydrogens (tertiary/aromatic N) is 1. The summed E-state index contributed by atoms with van der Waals surface area (Å²) in [5.74, 6) is 0. The molecule has 1 N–H and O–H groups in total. The van der Waals surface area contributed by atoms with Crippen LogP contribution in [-0.4, -0.2) is 18.2 Å². The maximum Gasteiger partial charge on any atom is 0.182 e. The van der Waals surface area contributed by atoms with Gasteiger partial charge < -0.3 is 5.32 Å². The Hall–Kier alpha value is -1.12. The third-order valence-electron chi connectivity index (χ3n) is 1.13. The van der Waals surface area contributed by atoms with Crippen LogP contribution in [0.25, 0.3) is 0 Å². The largest absolute Gasteiger partial charge is 0.362 e. The molecule has 0 aromatic rings. The summed E-state index contributed by atoms with van der Waals surface area (Å²) in [6.45, 7) is 1.71. The smallest absolute Gasteiger partial charge is 0.182 e. The van der Waals surface area contributed by atoms with Gasteiger partial charge in [0.2, 0.25) is 0 Å². The van der Waals surface area contributed by atoms with Crippen LogP contribution in [0, 0.1) is 0 Å². The number of carbonyl (C=O) groups is 1. The summed E-state index contributed by atoms with van der Waals surface area (Å²) < 4.78 is 0. The molecular formula is C6H8N2O. The van der Waals surface area contributed by atoms with E-state index < -0.39 is 5.66 Å². The number of carbonyl (C=O) groups excluding carboxylic acids is 1. The Balaban J connectivity index is 2.73. The zero-order valence-corrected chi connectivity index (χ0v) is 5.16. The topological polar surface area (TPSA) is 41.5 Å². The molecule has 0 aromatic heterocycles. The van der Waals surface area contributed by atoms with Gasteiger partial charge in [-0.2, -0.15) is 0 Å². The molecule has 0 amide bonds. The number of nitrogens with one attached hydrogen (secondary N) is 1. The van der Waals surface area contributed by atoms with Crippen LogP contribution >= 0.6 is 0 Å². The zero-order valence-electron chi connectivity index (χ0n) is 5.16. The summed E-state index contributed by atoms with van der Waals surface area (Å²) in [4.78, 5) is 14.2. The molecule has 1 unspecified atom stereocenters. The van der Waals surface area contributed by atoms with Gasteiger partial charge in [0.1, 0.15) is 0 Å². The average Bonchev–Trinajstić information content (AvgIpc) is 1.90. The molecule has 3 nitrogen and oxygen atoms in total. The molecule has 1 aliphatic heterocycles. The quantitative estimate of drug-likeness (QED) is 0.503. The number of allylic oxidation sites excluding steroid dienone is 1. The third kappa shape index (κ3) is 1.16. The van der Waals surface area contributed by atoms with Gasteiger partial charge in [-0.1, -0.05) is 0 Å². The normalized spacial score (nSPS) is 31.7. The average molecular weight is 124 g/mol. The molecule has 0 bridgehead atoms. The highest BCUT2D eigenvalue weighted by Gasteiger charge is 2.19. The van der Waals surface area contributed by atoms with E-state index in [0.717, 1.165) is 6.29 Å². The molecule has 1 rings (SSSR count). The molecule has 0 aromatic carbocycles. The summed E-state index contributed by atoms with van der Waals surface area (Å²) in [5, 5.41) is 2.80. The van der Waals surface area contributed by atoms with E-state index in [9.17, 15) is 4.79 Å². The molecule has 9 heavy (non-hydrogen) atoms. The van der Waals surface area contributed by atoms with Crippen molar-refractivity contribution in [2.45, 2.75) is 12.6 Å². The van der Waals surface area contributed by atoms with Crippen LogP contribution in [0.2, 0.25) is 0 Å². The Morgan fingerprint density at radius 3 is 2.89 bits per heavy atom. The summed E-state index contributed by atoms with van der Waals surface area (Å²) in [6, 6.07) is 0.